The van der Waals surface area contributed by atoms with Crippen LogP contribution < -0.4 is 10.5 Å². The summed E-state index contributed by atoms with van der Waals surface area (Å²) in [5, 5.41) is 8.98. The number of methoxy groups -OCH3 is 1. The summed E-state index contributed by atoms with van der Waals surface area (Å²) >= 11 is 6.16. The maximum atomic E-state index is 6.16. The first kappa shape index (κ1) is 14.8. The van der Waals surface area contributed by atoms with E-state index in [0.717, 1.165) is 29.9 Å². The molecule has 0 amide bonds. The first-order valence-electron chi connectivity index (χ1n) is 6.66. The van der Waals surface area contributed by atoms with Crippen molar-refractivity contribution >= 4 is 11.6 Å². The van der Waals surface area contributed by atoms with Crippen LogP contribution in [0, 0.1) is 0 Å². The first-order valence-corrected chi connectivity index (χ1v) is 7.04. The molecule has 0 bridgehead atoms. The molecule has 0 aliphatic carbocycles. The maximum Gasteiger partial charge on any atom is 0.137 e. The smallest absolute Gasteiger partial charge is 0.137 e. The van der Waals surface area contributed by atoms with Gasteiger partial charge in [-0.25, -0.2) is 4.68 Å². The molecule has 1 unspecified atom stereocenters. The Hall–Kier alpha value is -1.59. The van der Waals surface area contributed by atoms with Gasteiger partial charge in [-0.3, -0.25) is 0 Å². The maximum absolute atomic E-state index is 6.16. The molecular formula is C14H19ClN4O. The van der Waals surface area contributed by atoms with E-state index in [2.05, 4.69) is 17.2 Å². The predicted molar refractivity (Wildman–Crippen MR) is 79.5 cm³/mol. The van der Waals surface area contributed by atoms with Crippen LogP contribution in [0.3, 0.4) is 0 Å². The van der Waals surface area contributed by atoms with Crippen molar-refractivity contribution in [3.63, 3.8) is 0 Å². The Morgan fingerprint density at radius 2 is 2.15 bits per heavy atom. The van der Waals surface area contributed by atoms with Crippen molar-refractivity contribution < 1.29 is 4.74 Å². The number of ether oxygens (including phenoxy) is 1. The van der Waals surface area contributed by atoms with Gasteiger partial charge in [0.15, 0.2) is 0 Å². The van der Waals surface area contributed by atoms with Gasteiger partial charge in [-0.15, -0.1) is 5.10 Å². The fourth-order valence-electron chi connectivity index (χ4n) is 2.12. The Morgan fingerprint density at radius 1 is 1.40 bits per heavy atom. The van der Waals surface area contributed by atoms with Crippen molar-refractivity contribution in [2.75, 3.05) is 7.11 Å². The van der Waals surface area contributed by atoms with E-state index in [-0.39, 0.29) is 6.04 Å². The number of hydrogen-bond donors (Lipinski definition) is 1. The van der Waals surface area contributed by atoms with Gasteiger partial charge in [0.2, 0.25) is 0 Å². The molecule has 0 saturated heterocycles. The Kier molecular flexibility index (Phi) is 4.62. The third-order valence-electron chi connectivity index (χ3n) is 3.30. The van der Waals surface area contributed by atoms with E-state index in [1.807, 2.05) is 25.1 Å². The van der Waals surface area contributed by atoms with Gasteiger partial charge in [0.1, 0.15) is 11.4 Å². The molecule has 20 heavy (non-hydrogen) atoms. The molecule has 2 N–H and O–H groups in total. The van der Waals surface area contributed by atoms with Crippen molar-refractivity contribution in [2.45, 2.75) is 32.7 Å². The van der Waals surface area contributed by atoms with Crippen molar-refractivity contribution in [1.29, 1.82) is 0 Å². The number of halogens is 1. The highest BCUT2D eigenvalue weighted by Gasteiger charge is 2.17. The molecule has 0 aliphatic rings. The van der Waals surface area contributed by atoms with Gasteiger partial charge in [0, 0.05) is 0 Å². The number of nitrogens with two attached hydrogens (primary N) is 1. The van der Waals surface area contributed by atoms with Gasteiger partial charge >= 0.3 is 0 Å². The molecule has 2 rings (SSSR count). The number of rotatable bonds is 5. The van der Waals surface area contributed by atoms with E-state index in [4.69, 9.17) is 22.1 Å². The minimum atomic E-state index is -0.0904. The van der Waals surface area contributed by atoms with Crippen molar-refractivity contribution in [3.8, 4) is 11.4 Å². The lowest BCUT2D eigenvalue weighted by Gasteiger charge is -2.10. The van der Waals surface area contributed by atoms with Gasteiger partial charge in [-0.05, 0) is 31.0 Å². The van der Waals surface area contributed by atoms with Gasteiger partial charge in [-0.2, -0.15) is 0 Å². The summed E-state index contributed by atoms with van der Waals surface area (Å²) in [4.78, 5) is 0. The summed E-state index contributed by atoms with van der Waals surface area (Å²) in [6.07, 6.45) is 1.63. The third kappa shape index (κ3) is 2.64. The summed E-state index contributed by atoms with van der Waals surface area (Å²) in [5.41, 5.74) is 8.80. The van der Waals surface area contributed by atoms with Crippen molar-refractivity contribution in [2.24, 2.45) is 5.73 Å². The third-order valence-corrected chi connectivity index (χ3v) is 3.59. The number of hydrogen-bond acceptors (Lipinski definition) is 4. The molecule has 0 spiro atoms. The van der Waals surface area contributed by atoms with E-state index in [1.165, 1.54) is 0 Å². The van der Waals surface area contributed by atoms with Crippen molar-refractivity contribution in [1.82, 2.24) is 15.0 Å². The molecule has 1 aromatic heterocycles. The number of aromatic nitrogens is 3. The van der Waals surface area contributed by atoms with Gasteiger partial charge in [0.25, 0.3) is 0 Å². The van der Waals surface area contributed by atoms with Crippen LogP contribution in [0.15, 0.2) is 18.2 Å². The highest BCUT2D eigenvalue weighted by molar-refractivity contribution is 6.32. The summed E-state index contributed by atoms with van der Waals surface area (Å²) in [6, 6.07) is 5.44. The van der Waals surface area contributed by atoms with Crippen LogP contribution in [0.25, 0.3) is 5.69 Å². The van der Waals surface area contributed by atoms with Gasteiger partial charge in [0.05, 0.1) is 29.6 Å². The first-order chi connectivity index (χ1) is 9.62. The van der Waals surface area contributed by atoms with Gasteiger partial charge in [-0.1, -0.05) is 30.7 Å². The lowest BCUT2D eigenvalue weighted by molar-refractivity contribution is 0.415. The monoisotopic (exact) mass is 294 g/mol. The largest absolute Gasteiger partial charge is 0.495 e. The predicted octanol–water partition coefficient (Wildman–Crippen LogP) is 2.90. The number of benzene rings is 1. The minimum absolute atomic E-state index is 0.0904. The van der Waals surface area contributed by atoms with E-state index >= 15 is 0 Å². The highest BCUT2D eigenvalue weighted by Crippen LogP contribution is 2.28. The molecule has 0 radical (unpaired) electrons. The average molecular weight is 295 g/mol. The summed E-state index contributed by atoms with van der Waals surface area (Å²) in [6.45, 7) is 4.10. The van der Waals surface area contributed by atoms with Crippen LogP contribution in [0.4, 0.5) is 0 Å². The normalized spacial score (nSPS) is 12.4. The van der Waals surface area contributed by atoms with Crippen LogP contribution in [0.5, 0.6) is 5.75 Å². The summed E-state index contributed by atoms with van der Waals surface area (Å²) < 4.78 is 6.94. The average Bonchev–Trinajstić information content (AvgIpc) is 2.90. The molecule has 6 heteroatoms. The summed E-state index contributed by atoms with van der Waals surface area (Å²) in [7, 11) is 1.59. The van der Waals surface area contributed by atoms with Crippen LogP contribution in [-0.2, 0) is 6.42 Å². The molecule has 0 saturated carbocycles. The topological polar surface area (TPSA) is 66.0 Å². The second kappa shape index (κ2) is 6.24. The fourth-order valence-corrected chi connectivity index (χ4v) is 2.37. The lowest BCUT2D eigenvalue weighted by atomic mass is 10.1. The standard InChI is InChI=1S/C14H19ClN4O/c1-4-11(16)14-12(5-2)19(18-17-14)9-6-7-13(20-3)10(15)8-9/h6-8,11H,4-5,16H2,1-3H3. The molecule has 108 valence electrons. The molecule has 1 aromatic carbocycles. The Balaban J connectivity index is 2.47. The molecule has 1 atom stereocenters. The quantitative estimate of drug-likeness (QED) is 0.921. The lowest BCUT2D eigenvalue weighted by Crippen LogP contribution is -2.12. The zero-order valence-electron chi connectivity index (χ0n) is 11.9. The zero-order valence-corrected chi connectivity index (χ0v) is 12.7. The molecule has 0 fully saturated rings. The van der Waals surface area contributed by atoms with E-state index < -0.39 is 0 Å². The van der Waals surface area contributed by atoms with Crippen LogP contribution >= 0.6 is 11.6 Å². The highest BCUT2D eigenvalue weighted by atomic mass is 35.5. The van der Waals surface area contributed by atoms with E-state index in [0.29, 0.717) is 10.8 Å². The van der Waals surface area contributed by atoms with Gasteiger partial charge < -0.3 is 10.5 Å². The van der Waals surface area contributed by atoms with Crippen molar-refractivity contribution in [3.05, 3.63) is 34.6 Å². The molecule has 2 aromatic rings. The second-order valence-corrected chi connectivity index (χ2v) is 4.93. The van der Waals surface area contributed by atoms with Crippen LogP contribution in [0.1, 0.15) is 37.7 Å². The van der Waals surface area contributed by atoms with Crippen LogP contribution in [-0.4, -0.2) is 22.1 Å². The van der Waals surface area contributed by atoms with E-state index in [1.54, 1.807) is 11.8 Å². The van der Waals surface area contributed by atoms with Crippen LogP contribution in [0.2, 0.25) is 5.02 Å². The van der Waals surface area contributed by atoms with E-state index in [9.17, 15) is 0 Å². The summed E-state index contributed by atoms with van der Waals surface area (Å²) in [5.74, 6) is 0.638. The number of nitrogens with zero attached hydrogens (tertiary/aromatic N) is 3. The zero-order chi connectivity index (χ0) is 14.7. The minimum Gasteiger partial charge on any atom is -0.495 e. The Bertz CT molecular complexity index is 597. The molecular weight excluding hydrogens is 276 g/mol. The Labute approximate surface area is 123 Å². The fraction of sp³-hybridized carbons (Fsp3) is 0.429. The Morgan fingerprint density at radius 3 is 2.70 bits per heavy atom. The molecule has 0 aliphatic heterocycles. The molecule has 1 heterocycles. The second-order valence-electron chi connectivity index (χ2n) is 4.52. The molecule has 5 nitrogen and oxygen atoms in total. The SMILES string of the molecule is CCc1c(C(N)CC)nnn1-c1ccc(OC)c(Cl)c1.